The number of ether oxygens (including phenoxy) is 1. The molecular formula is C26H20Cl6N4O3S. The molecule has 1 unspecified atom stereocenters. The fourth-order valence-electron chi connectivity index (χ4n) is 4.04. The van der Waals surface area contributed by atoms with Crippen LogP contribution in [0.2, 0.25) is 30.1 Å². The molecule has 0 aliphatic carbocycles. The van der Waals surface area contributed by atoms with Gasteiger partial charge in [0, 0.05) is 23.8 Å². The Morgan fingerprint density at radius 1 is 0.900 bits per heavy atom. The smallest absolute Gasteiger partial charge is 0.256 e. The Kier molecular flexibility index (Phi) is 10.2. The first-order valence-corrected chi connectivity index (χ1v) is 14.3. The van der Waals surface area contributed by atoms with Crippen LogP contribution in [0.3, 0.4) is 0 Å². The summed E-state index contributed by atoms with van der Waals surface area (Å²) in [4.78, 5) is 29.7. The number of nitrogens with zero attached hydrogens (tertiary/aromatic N) is 2. The molecule has 3 aromatic rings. The number of carbonyl (C=O) groups excluding carboxylic acids is 2. The van der Waals surface area contributed by atoms with E-state index in [9.17, 15) is 9.59 Å². The average Bonchev–Trinajstić information content (AvgIpc) is 3.17. The van der Waals surface area contributed by atoms with Crippen molar-refractivity contribution in [3.05, 3.63) is 78.7 Å². The second-order valence-electron chi connectivity index (χ2n) is 8.49. The van der Waals surface area contributed by atoms with Crippen LogP contribution < -0.4 is 20.3 Å². The fourth-order valence-corrected chi connectivity index (χ4v) is 5.85. The third kappa shape index (κ3) is 6.49. The number of halogens is 6. The molecule has 40 heavy (non-hydrogen) atoms. The molecule has 1 atom stereocenters. The van der Waals surface area contributed by atoms with E-state index in [1.54, 1.807) is 60.5 Å². The average molecular weight is 681 g/mol. The van der Waals surface area contributed by atoms with E-state index in [1.165, 1.54) is 4.90 Å². The Morgan fingerprint density at radius 2 is 1.48 bits per heavy atom. The second kappa shape index (κ2) is 13.2. The summed E-state index contributed by atoms with van der Waals surface area (Å²) in [5, 5.41) is 6.96. The van der Waals surface area contributed by atoms with Crippen molar-refractivity contribution in [2.75, 3.05) is 35.7 Å². The van der Waals surface area contributed by atoms with Crippen molar-refractivity contribution in [3.63, 3.8) is 0 Å². The number of methoxy groups -OCH3 is 1. The summed E-state index contributed by atoms with van der Waals surface area (Å²) in [7, 11) is 1.55. The first kappa shape index (κ1) is 30.8. The van der Waals surface area contributed by atoms with Crippen LogP contribution in [0.4, 0.5) is 17.1 Å². The minimum atomic E-state index is -0.883. The first-order chi connectivity index (χ1) is 19.0. The number of thiocarbonyl (C=S) groups is 1. The molecule has 1 fully saturated rings. The van der Waals surface area contributed by atoms with E-state index < -0.39 is 6.04 Å². The van der Waals surface area contributed by atoms with E-state index in [1.807, 2.05) is 0 Å². The van der Waals surface area contributed by atoms with Gasteiger partial charge in [-0.3, -0.25) is 14.5 Å². The summed E-state index contributed by atoms with van der Waals surface area (Å²) in [5.74, 6) is -0.0782. The molecule has 1 aliphatic rings. The van der Waals surface area contributed by atoms with Gasteiger partial charge in [-0.1, -0.05) is 69.6 Å². The van der Waals surface area contributed by atoms with Gasteiger partial charge in [0.25, 0.3) is 5.91 Å². The van der Waals surface area contributed by atoms with Gasteiger partial charge in [-0.15, -0.1) is 0 Å². The lowest BCUT2D eigenvalue weighted by Gasteiger charge is -2.25. The van der Waals surface area contributed by atoms with Gasteiger partial charge < -0.3 is 20.3 Å². The topological polar surface area (TPSA) is 73.9 Å². The predicted molar refractivity (Wildman–Crippen MR) is 168 cm³/mol. The molecule has 210 valence electrons. The standard InChI is InChI=1S/C26H20Cl6N4O3S/c1-39-16-8-4-14(5-9-16)34-18(37)12-17-25(38)36(15-6-2-13(27)3-7-15)26(40)35(17)11-10-33-24-22(31)20(29)19(28)21(30)23(24)32/h2-9,17,33H,10-12H2,1H3,(H,34,37). The zero-order valence-corrected chi connectivity index (χ0v) is 26.0. The maximum Gasteiger partial charge on any atom is 0.256 e. The molecule has 7 nitrogen and oxygen atoms in total. The summed E-state index contributed by atoms with van der Waals surface area (Å²) in [5.41, 5.74) is 1.36. The van der Waals surface area contributed by atoms with Crippen molar-refractivity contribution in [2.24, 2.45) is 0 Å². The highest BCUT2D eigenvalue weighted by Gasteiger charge is 2.44. The summed E-state index contributed by atoms with van der Waals surface area (Å²) < 4.78 is 5.15. The van der Waals surface area contributed by atoms with Crippen LogP contribution in [0.1, 0.15) is 6.42 Å². The van der Waals surface area contributed by atoms with Crippen LogP contribution in [0.25, 0.3) is 0 Å². The van der Waals surface area contributed by atoms with Gasteiger partial charge in [-0.05, 0) is 60.7 Å². The van der Waals surface area contributed by atoms with Crippen molar-refractivity contribution in [3.8, 4) is 5.75 Å². The van der Waals surface area contributed by atoms with Gasteiger partial charge in [0.05, 0.1) is 50.0 Å². The predicted octanol–water partition coefficient (Wildman–Crippen LogP) is 8.06. The van der Waals surface area contributed by atoms with Gasteiger partial charge in [-0.2, -0.15) is 0 Å². The maximum atomic E-state index is 13.6. The molecule has 1 saturated heterocycles. The second-order valence-corrected chi connectivity index (χ2v) is 11.2. The minimum Gasteiger partial charge on any atom is -0.497 e. The Morgan fingerprint density at radius 3 is 2.05 bits per heavy atom. The first-order valence-electron chi connectivity index (χ1n) is 11.6. The number of anilines is 3. The van der Waals surface area contributed by atoms with Gasteiger partial charge in [-0.25, -0.2) is 0 Å². The number of hydrogen-bond acceptors (Lipinski definition) is 5. The molecular weight excluding hydrogens is 661 g/mol. The van der Waals surface area contributed by atoms with Crippen LogP contribution in [0.5, 0.6) is 5.75 Å². The number of amides is 2. The van der Waals surface area contributed by atoms with Crippen molar-refractivity contribution in [1.29, 1.82) is 0 Å². The lowest BCUT2D eigenvalue weighted by Crippen LogP contribution is -2.40. The van der Waals surface area contributed by atoms with E-state index >= 15 is 0 Å². The molecule has 0 saturated carbocycles. The molecule has 2 amide bonds. The quantitative estimate of drug-likeness (QED) is 0.135. The van der Waals surface area contributed by atoms with Crippen LogP contribution >= 0.6 is 81.8 Å². The number of rotatable bonds is 9. The maximum absolute atomic E-state index is 13.6. The highest BCUT2D eigenvalue weighted by Crippen LogP contribution is 2.46. The zero-order chi connectivity index (χ0) is 29.1. The fraction of sp³-hybridized carbons (Fsp3) is 0.192. The van der Waals surface area contributed by atoms with E-state index in [0.29, 0.717) is 22.1 Å². The number of benzene rings is 3. The molecule has 0 aromatic heterocycles. The number of carbonyl (C=O) groups is 2. The van der Waals surface area contributed by atoms with Crippen LogP contribution in [0.15, 0.2) is 48.5 Å². The van der Waals surface area contributed by atoms with E-state index in [0.717, 1.165) is 0 Å². The highest BCUT2D eigenvalue weighted by atomic mass is 35.5. The lowest BCUT2D eigenvalue weighted by atomic mass is 10.1. The summed E-state index contributed by atoms with van der Waals surface area (Å²) in [6.07, 6.45) is -0.158. The van der Waals surface area contributed by atoms with E-state index in [4.69, 9.17) is 86.6 Å². The molecule has 3 aromatic carbocycles. The molecule has 1 aliphatic heterocycles. The minimum absolute atomic E-state index is 0.0387. The van der Waals surface area contributed by atoms with Crippen molar-refractivity contribution in [1.82, 2.24) is 4.90 Å². The molecule has 0 radical (unpaired) electrons. The third-order valence-electron chi connectivity index (χ3n) is 6.02. The van der Waals surface area contributed by atoms with Crippen LogP contribution in [-0.2, 0) is 9.59 Å². The molecule has 0 spiro atoms. The monoisotopic (exact) mass is 678 g/mol. The third-order valence-corrected chi connectivity index (χ3v) is 8.97. The zero-order valence-electron chi connectivity index (χ0n) is 20.6. The summed E-state index contributed by atoms with van der Waals surface area (Å²) in [6.45, 7) is 0.422. The van der Waals surface area contributed by atoms with Crippen LogP contribution in [-0.4, -0.2) is 48.1 Å². The SMILES string of the molecule is COc1ccc(NC(=O)CC2C(=O)N(c3ccc(Cl)cc3)C(=S)N2CCNc2c(Cl)c(Cl)c(Cl)c(Cl)c2Cl)cc1. The normalized spacial score (nSPS) is 15.0. The largest absolute Gasteiger partial charge is 0.497 e. The van der Waals surface area contributed by atoms with Crippen molar-refractivity contribution in [2.45, 2.75) is 12.5 Å². The molecule has 1 heterocycles. The number of hydrogen-bond donors (Lipinski definition) is 2. The molecule has 0 bridgehead atoms. The Labute approximate surface area is 266 Å². The lowest BCUT2D eigenvalue weighted by molar-refractivity contribution is -0.124. The molecule has 2 N–H and O–H groups in total. The summed E-state index contributed by atoms with van der Waals surface area (Å²) in [6, 6.07) is 12.6. The van der Waals surface area contributed by atoms with Gasteiger partial charge in [0.1, 0.15) is 11.8 Å². The van der Waals surface area contributed by atoms with Gasteiger partial charge >= 0.3 is 0 Å². The molecule has 14 heteroatoms. The van der Waals surface area contributed by atoms with Crippen LogP contribution in [0, 0.1) is 0 Å². The van der Waals surface area contributed by atoms with Crippen molar-refractivity contribution >= 4 is 116 Å². The Hall–Kier alpha value is -2.17. The summed E-state index contributed by atoms with van der Waals surface area (Å²) >= 11 is 42.8. The number of nitrogens with one attached hydrogen (secondary N) is 2. The van der Waals surface area contributed by atoms with E-state index in [-0.39, 0.29) is 67.2 Å². The molecule has 4 rings (SSSR count). The van der Waals surface area contributed by atoms with Gasteiger partial charge in [0.15, 0.2) is 5.11 Å². The Balaban J connectivity index is 1.55. The Bertz CT molecular complexity index is 1430. The van der Waals surface area contributed by atoms with Crippen molar-refractivity contribution < 1.29 is 14.3 Å². The van der Waals surface area contributed by atoms with Gasteiger partial charge in [0.2, 0.25) is 5.91 Å². The van der Waals surface area contributed by atoms with E-state index in [2.05, 4.69) is 10.6 Å². The highest BCUT2D eigenvalue weighted by molar-refractivity contribution is 7.80.